The number of anilines is 1. The summed E-state index contributed by atoms with van der Waals surface area (Å²) in [4.78, 5) is 27.4. The Morgan fingerprint density at radius 3 is 2.67 bits per heavy atom. The van der Waals surface area contributed by atoms with Crippen LogP contribution in [0.5, 0.6) is 0 Å². The molecule has 0 unspecified atom stereocenters. The van der Waals surface area contributed by atoms with Crippen LogP contribution in [-0.2, 0) is 11.2 Å². The van der Waals surface area contributed by atoms with Gasteiger partial charge in [0.2, 0.25) is 5.91 Å². The summed E-state index contributed by atoms with van der Waals surface area (Å²) >= 11 is 7.15. The highest BCUT2D eigenvalue weighted by atomic mass is 35.5. The third kappa shape index (κ3) is 3.96. The monoisotopic (exact) mass is 360 g/mol. The maximum absolute atomic E-state index is 12.0. The minimum Gasteiger partial charge on any atom is -0.478 e. The minimum atomic E-state index is -0.976. The van der Waals surface area contributed by atoms with Gasteiger partial charge < -0.3 is 10.4 Å². The number of carboxylic acids is 1. The number of thioether (sulfide) groups is 1. The van der Waals surface area contributed by atoms with E-state index in [1.165, 1.54) is 11.8 Å². The molecule has 0 bridgehead atoms. The van der Waals surface area contributed by atoms with Gasteiger partial charge in [-0.2, -0.15) is 0 Å². The summed E-state index contributed by atoms with van der Waals surface area (Å²) < 4.78 is 0. The number of nitrogens with zero attached hydrogens (tertiary/aromatic N) is 1. The van der Waals surface area contributed by atoms with Crippen molar-refractivity contribution in [3.05, 3.63) is 58.6 Å². The van der Waals surface area contributed by atoms with Crippen molar-refractivity contribution in [1.29, 1.82) is 0 Å². The molecule has 0 fully saturated rings. The average molecular weight is 361 g/mol. The number of carbonyl (C=O) groups excluding carboxylic acids is 1. The average Bonchev–Trinajstić information content (AvgIpc) is 2.97. The molecule has 3 rings (SSSR count). The Kier molecular flexibility index (Phi) is 4.87. The quantitative estimate of drug-likeness (QED) is 0.863. The molecule has 0 saturated heterocycles. The smallest absolute Gasteiger partial charge is 0.335 e. The standard InChI is InChI=1S/C17H13ClN2O3S/c18-12-3-5-13(6-4-12)19-15(21)9-24-16-8-10-1-2-11(17(22)23)7-14(10)20-16/h1-7H,8-9H2,(H,19,21)(H,22,23). The van der Waals surface area contributed by atoms with E-state index in [1.807, 2.05) is 0 Å². The van der Waals surface area contributed by atoms with Gasteiger partial charge in [0.25, 0.3) is 0 Å². The van der Waals surface area contributed by atoms with Crippen molar-refractivity contribution in [2.45, 2.75) is 6.42 Å². The molecule has 0 aromatic heterocycles. The van der Waals surface area contributed by atoms with E-state index in [4.69, 9.17) is 16.7 Å². The molecular weight excluding hydrogens is 348 g/mol. The van der Waals surface area contributed by atoms with Crippen molar-refractivity contribution in [3.63, 3.8) is 0 Å². The fourth-order valence-corrected chi connectivity index (χ4v) is 3.17. The number of rotatable bonds is 4. The summed E-state index contributed by atoms with van der Waals surface area (Å²) in [6, 6.07) is 11.8. The van der Waals surface area contributed by atoms with Gasteiger partial charge in [-0.05, 0) is 42.0 Å². The van der Waals surface area contributed by atoms with Crippen molar-refractivity contribution in [2.75, 3.05) is 11.1 Å². The zero-order chi connectivity index (χ0) is 17.1. The van der Waals surface area contributed by atoms with Crippen LogP contribution in [0, 0.1) is 0 Å². The molecule has 0 radical (unpaired) electrons. The molecule has 1 amide bonds. The van der Waals surface area contributed by atoms with Crippen LogP contribution in [0.1, 0.15) is 15.9 Å². The number of nitrogens with one attached hydrogen (secondary N) is 1. The van der Waals surface area contributed by atoms with Gasteiger partial charge in [0.05, 0.1) is 22.0 Å². The van der Waals surface area contributed by atoms with Gasteiger partial charge in [-0.25, -0.2) is 9.79 Å². The van der Waals surface area contributed by atoms with E-state index in [-0.39, 0.29) is 17.2 Å². The zero-order valence-electron chi connectivity index (χ0n) is 12.5. The molecule has 122 valence electrons. The largest absolute Gasteiger partial charge is 0.478 e. The van der Waals surface area contributed by atoms with Crippen LogP contribution in [-0.4, -0.2) is 27.8 Å². The lowest BCUT2D eigenvalue weighted by Gasteiger charge is -2.05. The van der Waals surface area contributed by atoms with Gasteiger partial charge in [0.1, 0.15) is 0 Å². The first-order valence-electron chi connectivity index (χ1n) is 7.13. The van der Waals surface area contributed by atoms with Crippen molar-refractivity contribution in [3.8, 4) is 0 Å². The molecule has 2 aromatic rings. The van der Waals surface area contributed by atoms with E-state index in [9.17, 15) is 9.59 Å². The molecule has 0 atom stereocenters. The number of aliphatic imine (C=N–C) groups is 1. The molecule has 2 N–H and O–H groups in total. The molecule has 1 heterocycles. The van der Waals surface area contributed by atoms with Crippen LogP contribution in [0.25, 0.3) is 0 Å². The molecule has 1 aliphatic heterocycles. The summed E-state index contributed by atoms with van der Waals surface area (Å²) in [5, 5.41) is 13.2. The van der Waals surface area contributed by atoms with Gasteiger partial charge in [-0.1, -0.05) is 17.7 Å². The number of benzene rings is 2. The van der Waals surface area contributed by atoms with Crippen LogP contribution in [0.2, 0.25) is 5.02 Å². The van der Waals surface area contributed by atoms with E-state index in [1.54, 1.807) is 42.5 Å². The molecule has 0 aliphatic carbocycles. The second-order valence-electron chi connectivity index (χ2n) is 5.17. The zero-order valence-corrected chi connectivity index (χ0v) is 14.0. The van der Waals surface area contributed by atoms with E-state index in [2.05, 4.69) is 10.3 Å². The van der Waals surface area contributed by atoms with Crippen LogP contribution < -0.4 is 5.32 Å². The molecule has 7 heteroatoms. The summed E-state index contributed by atoms with van der Waals surface area (Å²) in [5.41, 5.74) is 2.54. The fraction of sp³-hybridized carbons (Fsp3) is 0.118. The van der Waals surface area contributed by atoms with Crippen molar-refractivity contribution < 1.29 is 14.7 Å². The van der Waals surface area contributed by atoms with Crippen LogP contribution in [0.3, 0.4) is 0 Å². The number of hydrogen-bond acceptors (Lipinski definition) is 4. The minimum absolute atomic E-state index is 0.132. The van der Waals surface area contributed by atoms with Crippen LogP contribution in [0.15, 0.2) is 47.5 Å². The van der Waals surface area contributed by atoms with E-state index in [0.29, 0.717) is 22.8 Å². The summed E-state index contributed by atoms with van der Waals surface area (Å²) in [7, 11) is 0. The molecule has 1 aliphatic rings. The summed E-state index contributed by atoms with van der Waals surface area (Å²) in [6.45, 7) is 0. The molecule has 24 heavy (non-hydrogen) atoms. The molecule has 0 saturated carbocycles. The normalized spacial score (nSPS) is 12.5. The highest BCUT2D eigenvalue weighted by Crippen LogP contribution is 2.31. The first kappa shape index (κ1) is 16.5. The van der Waals surface area contributed by atoms with Gasteiger partial charge in [0.15, 0.2) is 0 Å². The van der Waals surface area contributed by atoms with Gasteiger partial charge in [-0.3, -0.25) is 4.79 Å². The molecular formula is C17H13ClN2O3S. The van der Waals surface area contributed by atoms with Crippen LogP contribution in [0.4, 0.5) is 11.4 Å². The first-order valence-corrected chi connectivity index (χ1v) is 8.49. The number of halogens is 1. The summed E-state index contributed by atoms with van der Waals surface area (Å²) in [6.07, 6.45) is 0.619. The third-order valence-corrected chi connectivity index (χ3v) is 4.64. The van der Waals surface area contributed by atoms with Gasteiger partial charge in [-0.15, -0.1) is 11.8 Å². The maximum atomic E-state index is 12.0. The maximum Gasteiger partial charge on any atom is 0.335 e. The molecule has 0 spiro atoms. The number of fused-ring (bicyclic) bond motifs is 1. The Bertz CT molecular complexity index is 834. The second kappa shape index (κ2) is 7.07. The predicted molar refractivity (Wildman–Crippen MR) is 96.7 cm³/mol. The van der Waals surface area contributed by atoms with Gasteiger partial charge in [0, 0.05) is 17.1 Å². The van der Waals surface area contributed by atoms with E-state index >= 15 is 0 Å². The highest BCUT2D eigenvalue weighted by molar-refractivity contribution is 8.14. The van der Waals surface area contributed by atoms with Crippen molar-refractivity contribution in [1.82, 2.24) is 0 Å². The Labute approximate surface area is 147 Å². The Hall–Kier alpha value is -2.31. The Morgan fingerprint density at radius 2 is 1.96 bits per heavy atom. The molecule has 2 aromatic carbocycles. The highest BCUT2D eigenvalue weighted by Gasteiger charge is 2.18. The Balaban J connectivity index is 1.57. The lowest BCUT2D eigenvalue weighted by Crippen LogP contribution is -2.15. The Morgan fingerprint density at radius 1 is 1.21 bits per heavy atom. The number of amides is 1. The number of carboxylic acid groups (broad SMARTS) is 1. The summed E-state index contributed by atoms with van der Waals surface area (Å²) in [5.74, 6) is -0.870. The molecule has 5 nitrogen and oxygen atoms in total. The topological polar surface area (TPSA) is 78.8 Å². The predicted octanol–water partition coefficient (Wildman–Crippen LogP) is 4.00. The third-order valence-electron chi connectivity index (χ3n) is 3.42. The lowest BCUT2D eigenvalue weighted by atomic mass is 10.1. The van der Waals surface area contributed by atoms with Gasteiger partial charge >= 0.3 is 5.97 Å². The SMILES string of the molecule is O=C(CSC1=Nc2cc(C(=O)O)ccc2C1)Nc1ccc(Cl)cc1. The fourth-order valence-electron chi connectivity index (χ4n) is 2.25. The number of aromatic carboxylic acids is 1. The lowest BCUT2D eigenvalue weighted by molar-refractivity contribution is -0.113. The second-order valence-corrected chi connectivity index (χ2v) is 6.66. The first-order chi connectivity index (χ1) is 11.5. The van der Waals surface area contributed by atoms with E-state index < -0.39 is 5.97 Å². The van der Waals surface area contributed by atoms with Crippen molar-refractivity contribution >= 4 is 51.7 Å². The van der Waals surface area contributed by atoms with Crippen molar-refractivity contribution in [2.24, 2.45) is 4.99 Å². The number of carbonyl (C=O) groups is 2. The van der Waals surface area contributed by atoms with Crippen LogP contribution >= 0.6 is 23.4 Å². The van der Waals surface area contributed by atoms with E-state index in [0.717, 1.165) is 10.6 Å². The number of hydrogen-bond donors (Lipinski definition) is 2.